The van der Waals surface area contributed by atoms with Crippen LogP contribution < -0.4 is 5.32 Å². The lowest BCUT2D eigenvalue weighted by atomic mass is 10.2. The molecule has 76 valence electrons. The molecule has 0 fully saturated rings. The summed E-state index contributed by atoms with van der Waals surface area (Å²) in [5.74, 6) is 5.20. The predicted octanol–water partition coefficient (Wildman–Crippen LogP) is 2.52. The first-order valence-electron chi connectivity index (χ1n) is 4.61. The first kappa shape index (κ1) is 11.1. The normalized spacial score (nSPS) is 8.60. The number of benzene rings is 1. The molecule has 1 N–H and O–H groups in total. The number of hydrogen-bond acceptors (Lipinski definition) is 2. The summed E-state index contributed by atoms with van der Waals surface area (Å²) in [6.45, 7) is 2.48. The third-order valence-electron chi connectivity index (χ3n) is 1.84. The fraction of sp³-hybridized carbons (Fsp3) is 0.250. The van der Waals surface area contributed by atoms with E-state index in [1.54, 1.807) is 19.1 Å². The van der Waals surface area contributed by atoms with Crippen LogP contribution in [0.15, 0.2) is 18.2 Å². The van der Waals surface area contributed by atoms with Crippen molar-refractivity contribution in [2.24, 2.45) is 0 Å². The molecule has 1 aromatic rings. The summed E-state index contributed by atoms with van der Waals surface area (Å²) in [6.07, 6.45) is 0.732. The van der Waals surface area contributed by atoms with Gasteiger partial charge in [0.15, 0.2) is 0 Å². The van der Waals surface area contributed by atoms with E-state index in [4.69, 9.17) is 5.26 Å². The van der Waals surface area contributed by atoms with E-state index in [2.05, 4.69) is 17.2 Å². The summed E-state index contributed by atoms with van der Waals surface area (Å²) in [7, 11) is 0. The number of rotatable bonds is 3. The zero-order chi connectivity index (χ0) is 11.1. The number of hydrogen-bond donors (Lipinski definition) is 1. The molecular formula is C12H11FN2. The van der Waals surface area contributed by atoms with Crippen LogP contribution in [0.3, 0.4) is 0 Å². The van der Waals surface area contributed by atoms with E-state index in [9.17, 15) is 4.39 Å². The van der Waals surface area contributed by atoms with Crippen LogP contribution in [0.5, 0.6) is 0 Å². The molecule has 0 aliphatic carbocycles. The van der Waals surface area contributed by atoms with Gasteiger partial charge in [-0.15, -0.1) is 11.8 Å². The van der Waals surface area contributed by atoms with Crippen molar-refractivity contribution in [3.8, 4) is 17.9 Å². The van der Waals surface area contributed by atoms with Gasteiger partial charge in [0.2, 0.25) is 0 Å². The SMILES string of the molecule is CC#CCCNc1ccc(F)c(C#N)c1. The molecule has 15 heavy (non-hydrogen) atoms. The maximum absolute atomic E-state index is 12.9. The lowest BCUT2D eigenvalue weighted by Gasteiger charge is -2.04. The summed E-state index contributed by atoms with van der Waals surface area (Å²) in [6, 6.07) is 6.18. The maximum Gasteiger partial charge on any atom is 0.141 e. The first-order chi connectivity index (χ1) is 7.27. The number of nitrogens with zero attached hydrogens (tertiary/aromatic N) is 1. The highest BCUT2D eigenvalue weighted by Gasteiger charge is 2.01. The smallest absolute Gasteiger partial charge is 0.141 e. The fourth-order valence-electron chi connectivity index (χ4n) is 1.12. The van der Waals surface area contributed by atoms with Gasteiger partial charge in [-0.2, -0.15) is 5.26 Å². The molecule has 3 heteroatoms. The zero-order valence-corrected chi connectivity index (χ0v) is 8.47. The second-order valence-electron chi connectivity index (χ2n) is 2.91. The second-order valence-corrected chi connectivity index (χ2v) is 2.91. The average Bonchev–Trinajstić information content (AvgIpc) is 2.26. The predicted molar refractivity (Wildman–Crippen MR) is 57.7 cm³/mol. The third-order valence-corrected chi connectivity index (χ3v) is 1.84. The highest BCUT2D eigenvalue weighted by molar-refractivity contribution is 5.49. The van der Waals surface area contributed by atoms with Gasteiger partial charge in [-0.1, -0.05) is 0 Å². The van der Waals surface area contributed by atoms with E-state index in [1.807, 2.05) is 0 Å². The lowest BCUT2D eigenvalue weighted by Crippen LogP contribution is -2.00. The van der Waals surface area contributed by atoms with Crippen molar-refractivity contribution < 1.29 is 4.39 Å². The molecule has 0 aliphatic heterocycles. The van der Waals surface area contributed by atoms with Crippen LogP contribution >= 0.6 is 0 Å². The Bertz CT molecular complexity index is 435. The van der Waals surface area contributed by atoms with Gasteiger partial charge in [0.1, 0.15) is 11.9 Å². The van der Waals surface area contributed by atoms with Gasteiger partial charge in [-0.05, 0) is 25.1 Å². The summed E-state index contributed by atoms with van der Waals surface area (Å²) in [5.41, 5.74) is 0.799. The number of nitriles is 1. The van der Waals surface area contributed by atoms with E-state index >= 15 is 0 Å². The minimum Gasteiger partial charge on any atom is -0.384 e. The van der Waals surface area contributed by atoms with Crippen molar-refractivity contribution in [1.82, 2.24) is 0 Å². The minimum absolute atomic E-state index is 0.0570. The summed E-state index contributed by atoms with van der Waals surface area (Å²) in [5, 5.41) is 11.7. The number of nitrogens with one attached hydrogen (secondary N) is 1. The Morgan fingerprint density at radius 3 is 2.93 bits per heavy atom. The van der Waals surface area contributed by atoms with Gasteiger partial charge in [0.05, 0.1) is 5.56 Å². The van der Waals surface area contributed by atoms with Gasteiger partial charge < -0.3 is 5.32 Å². The molecule has 1 aromatic carbocycles. The maximum atomic E-state index is 12.9. The summed E-state index contributed by atoms with van der Waals surface area (Å²) in [4.78, 5) is 0. The van der Waals surface area contributed by atoms with Gasteiger partial charge >= 0.3 is 0 Å². The molecule has 0 spiro atoms. The van der Waals surface area contributed by atoms with Crippen LogP contribution in [0, 0.1) is 29.0 Å². The average molecular weight is 202 g/mol. The molecule has 0 aliphatic rings. The monoisotopic (exact) mass is 202 g/mol. The van der Waals surface area contributed by atoms with Crippen molar-refractivity contribution in [3.05, 3.63) is 29.6 Å². The van der Waals surface area contributed by atoms with E-state index in [-0.39, 0.29) is 5.56 Å². The van der Waals surface area contributed by atoms with E-state index in [0.29, 0.717) is 6.54 Å². The lowest BCUT2D eigenvalue weighted by molar-refractivity contribution is 0.624. The third kappa shape index (κ3) is 3.32. The molecule has 0 saturated carbocycles. The van der Waals surface area contributed by atoms with E-state index in [0.717, 1.165) is 12.1 Å². The van der Waals surface area contributed by atoms with E-state index < -0.39 is 5.82 Å². The number of anilines is 1. The Kier molecular flexibility index (Phi) is 4.19. The minimum atomic E-state index is -0.489. The zero-order valence-electron chi connectivity index (χ0n) is 8.47. The highest BCUT2D eigenvalue weighted by atomic mass is 19.1. The molecule has 0 radical (unpaired) electrons. The first-order valence-corrected chi connectivity index (χ1v) is 4.61. The molecule has 0 aromatic heterocycles. The van der Waals surface area contributed by atoms with Crippen molar-refractivity contribution in [1.29, 1.82) is 5.26 Å². The fourth-order valence-corrected chi connectivity index (χ4v) is 1.12. The molecule has 0 amide bonds. The molecule has 0 bridgehead atoms. The number of halogens is 1. The molecule has 0 atom stereocenters. The largest absolute Gasteiger partial charge is 0.384 e. The Labute approximate surface area is 88.7 Å². The topological polar surface area (TPSA) is 35.8 Å². The van der Waals surface area contributed by atoms with Crippen LogP contribution in [0.25, 0.3) is 0 Å². The van der Waals surface area contributed by atoms with Crippen LogP contribution in [0.2, 0.25) is 0 Å². The quantitative estimate of drug-likeness (QED) is 0.604. The molecule has 2 nitrogen and oxygen atoms in total. The molecule has 0 unspecified atom stereocenters. The van der Waals surface area contributed by atoms with E-state index in [1.165, 1.54) is 12.1 Å². The van der Waals surface area contributed by atoms with Crippen LogP contribution in [0.4, 0.5) is 10.1 Å². The second kappa shape index (κ2) is 5.67. The van der Waals surface area contributed by atoms with Crippen LogP contribution in [-0.2, 0) is 0 Å². The Morgan fingerprint density at radius 2 is 2.27 bits per heavy atom. The van der Waals surface area contributed by atoms with Crippen molar-refractivity contribution in [2.45, 2.75) is 13.3 Å². The Balaban J connectivity index is 2.62. The summed E-state index contributed by atoms with van der Waals surface area (Å²) < 4.78 is 12.9. The standard InChI is InChI=1S/C12H11FN2/c1-2-3-4-7-15-11-5-6-12(13)10(8-11)9-14/h5-6,8,15H,4,7H2,1H3. The van der Waals surface area contributed by atoms with Gasteiger partial charge in [0, 0.05) is 18.7 Å². The molecular weight excluding hydrogens is 191 g/mol. The summed E-state index contributed by atoms with van der Waals surface area (Å²) >= 11 is 0. The van der Waals surface area contributed by atoms with Crippen LogP contribution in [0.1, 0.15) is 18.9 Å². The molecule has 0 heterocycles. The van der Waals surface area contributed by atoms with Crippen molar-refractivity contribution >= 4 is 5.69 Å². The van der Waals surface area contributed by atoms with Crippen molar-refractivity contribution in [3.63, 3.8) is 0 Å². The Morgan fingerprint density at radius 1 is 1.47 bits per heavy atom. The van der Waals surface area contributed by atoms with Crippen molar-refractivity contribution in [2.75, 3.05) is 11.9 Å². The van der Waals surface area contributed by atoms with Gasteiger partial charge in [-0.3, -0.25) is 0 Å². The van der Waals surface area contributed by atoms with Crippen LogP contribution in [-0.4, -0.2) is 6.54 Å². The van der Waals surface area contributed by atoms with Gasteiger partial charge in [-0.25, -0.2) is 4.39 Å². The molecule has 1 rings (SSSR count). The molecule has 0 saturated heterocycles. The highest BCUT2D eigenvalue weighted by Crippen LogP contribution is 2.13. The van der Waals surface area contributed by atoms with Gasteiger partial charge in [0.25, 0.3) is 0 Å². The Hall–Kier alpha value is -2.00.